The van der Waals surface area contributed by atoms with E-state index >= 15 is 0 Å². The maximum Gasteiger partial charge on any atom is 0.345 e. The summed E-state index contributed by atoms with van der Waals surface area (Å²) in [4.78, 5) is 28.6. The van der Waals surface area contributed by atoms with Crippen LogP contribution >= 0.6 is 11.8 Å². The number of aromatic amines is 1. The van der Waals surface area contributed by atoms with E-state index in [-0.39, 0.29) is 17.8 Å². The van der Waals surface area contributed by atoms with E-state index in [1.54, 1.807) is 6.07 Å². The van der Waals surface area contributed by atoms with Crippen LogP contribution in [0.25, 0.3) is 0 Å². The van der Waals surface area contributed by atoms with Crippen LogP contribution in [0, 0.1) is 0 Å². The van der Waals surface area contributed by atoms with E-state index in [9.17, 15) is 9.59 Å². The molecule has 0 radical (unpaired) electrons. The molecule has 6 nitrogen and oxygen atoms in total. The molecule has 1 atom stereocenters. The van der Waals surface area contributed by atoms with Crippen LogP contribution in [0.15, 0.2) is 22.1 Å². The van der Waals surface area contributed by atoms with Crippen molar-refractivity contribution in [3.8, 4) is 0 Å². The second-order valence-electron chi connectivity index (χ2n) is 3.97. The Morgan fingerprint density at radius 3 is 3.28 bits per heavy atom. The molecule has 2 rings (SSSR count). The lowest BCUT2D eigenvalue weighted by atomic mass is 10.2. The molecule has 18 heavy (non-hydrogen) atoms. The Labute approximate surface area is 109 Å². The van der Waals surface area contributed by atoms with E-state index in [4.69, 9.17) is 4.74 Å². The van der Waals surface area contributed by atoms with Crippen molar-refractivity contribution in [2.24, 2.45) is 0 Å². The van der Waals surface area contributed by atoms with Gasteiger partial charge in [-0.05, 0) is 18.9 Å². The van der Waals surface area contributed by atoms with Gasteiger partial charge in [0.2, 0.25) is 5.91 Å². The Hall–Kier alpha value is -1.34. The van der Waals surface area contributed by atoms with Crippen molar-refractivity contribution < 1.29 is 9.53 Å². The zero-order chi connectivity index (χ0) is 12.8. The molecule has 2 N–H and O–H groups in total. The molecule has 1 unspecified atom stereocenters. The monoisotopic (exact) mass is 269 g/mol. The number of thioether (sulfide) groups is 1. The van der Waals surface area contributed by atoms with Gasteiger partial charge < -0.3 is 15.0 Å². The lowest BCUT2D eigenvalue weighted by Crippen LogP contribution is -2.32. The zero-order valence-corrected chi connectivity index (χ0v) is 10.7. The van der Waals surface area contributed by atoms with Crippen LogP contribution in [0.5, 0.6) is 0 Å². The van der Waals surface area contributed by atoms with Gasteiger partial charge in [0.25, 0.3) is 0 Å². The van der Waals surface area contributed by atoms with Gasteiger partial charge in [-0.2, -0.15) is 0 Å². The van der Waals surface area contributed by atoms with Crippen LogP contribution in [-0.4, -0.2) is 40.9 Å². The summed E-state index contributed by atoms with van der Waals surface area (Å²) in [6.45, 7) is 1.35. The van der Waals surface area contributed by atoms with E-state index in [1.807, 2.05) is 0 Å². The Kier molecular flexibility index (Phi) is 4.77. The lowest BCUT2D eigenvalue weighted by Gasteiger charge is -2.10. The molecule has 1 amide bonds. The summed E-state index contributed by atoms with van der Waals surface area (Å²) in [7, 11) is 0. The third-order valence-corrected chi connectivity index (χ3v) is 3.51. The molecule has 0 aromatic carbocycles. The number of aromatic nitrogens is 2. The predicted octanol–water partition coefficient (Wildman–Crippen LogP) is 0.157. The third kappa shape index (κ3) is 4.15. The number of carbonyl (C=O) groups excluding carboxylic acids is 1. The van der Waals surface area contributed by atoms with Crippen molar-refractivity contribution in [1.82, 2.24) is 15.3 Å². The quantitative estimate of drug-likeness (QED) is 0.587. The summed E-state index contributed by atoms with van der Waals surface area (Å²) in [5, 5.41) is 3.46. The molecule has 1 aromatic rings. The van der Waals surface area contributed by atoms with Crippen molar-refractivity contribution in [2.75, 3.05) is 18.9 Å². The van der Waals surface area contributed by atoms with Gasteiger partial charge >= 0.3 is 5.69 Å². The molecular weight excluding hydrogens is 254 g/mol. The van der Waals surface area contributed by atoms with Gasteiger partial charge in [-0.3, -0.25) is 4.79 Å². The summed E-state index contributed by atoms with van der Waals surface area (Å²) in [5.41, 5.74) is -0.403. The van der Waals surface area contributed by atoms with Crippen LogP contribution < -0.4 is 11.0 Å². The van der Waals surface area contributed by atoms with Crippen molar-refractivity contribution >= 4 is 17.7 Å². The highest BCUT2D eigenvalue weighted by Crippen LogP contribution is 2.12. The molecule has 0 aliphatic carbocycles. The summed E-state index contributed by atoms with van der Waals surface area (Å²) < 4.78 is 5.40. The minimum atomic E-state index is -0.403. The number of nitrogens with zero attached hydrogens (tertiary/aromatic N) is 1. The molecular formula is C11H15N3O3S. The Bertz CT molecular complexity index is 457. The second-order valence-corrected chi connectivity index (χ2v) is 4.98. The highest BCUT2D eigenvalue weighted by Gasteiger charge is 2.16. The lowest BCUT2D eigenvalue weighted by molar-refractivity contribution is -0.119. The van der Waals surface area contributed by atoms with Gasteiger partial charge in [0.05, 0.1) is 16.9 Å². The summed E-state index contributed by atoms with van der Waals surface area (Å²) in [6, 6.07) is 1.67. The van der Waals surface area contributed by atoms with E-state index < -0.39 is 5.69 Å². The average molecular weight is 269 g/mol. The molecule has 1 aliphatic heterocycles. The Morgan fingerprint density at radius 2 is 2.56 bits per heavy atom. The normalized spacial score (nSPS) is 18.8. The van der Waals surface area contributed by atoms with Crippen LogP contribution in [0.1, 0.15) is 12.8 Å². The summed E-state index contributed by atoms with van der Waals surface area (Å²) in [5.74, 6) is 0.209. The van der Waals surface area contributed by atoms with Gasteiger partial charge in [-0.15, -0.1) is 0 Å². The smallest absolute Gasteiger partial charge is 0.345 e. The van der Waals surface area contributed by atoms with Gasteiger partial charge in [-0.25, -0.2) is 9.78 Å². The minimum absolute atomic E-state index is 0.0619. The fraction of sp³-hybridized carbons (Fsp3) is 0.545. The number of nitrogens with one attached hydrogen (secondary N) is 2. The Morgan fingerprint density at radius 1 is 1.67 bits per heavy atom. The molecule has 2 heterocycles. The first-order valence-electron chi connectivity index (χ1n) is 5.80. The first-order chi connectivity index (χ1) is 8.74. The highest BCUT2D eigenvalue weighted by atomic mass is 32.2. The molecule has 1 saturated heterocycles. The zero-order valence-electron chi connectivity index (χ0n) is 9.85. The highest BCUT2D eigenvalue weighted by molar-refractivity contribution is 7.99. The van der Waals surface area contributed by atoms with E-state index in [1.165, 1.54) is 18.0 Å². The van der Waals surface area contributed by atoms with Crippen LogP contribution in [0.2, 0.25) is 0 Å². The number of carbonyl (C=O) groups is 1. The van der Waals surface area contributed by atoms with Crippen LogP contribution in [0.4, 0.5) is 0 Å². The topological polar surface area (TPSA) is 84.1 Å². The SMILES string of the molecule is O=C(CSc1ccnc(=O)[nH]1)NCC1CCCO1. The fourth-order valence-electron chi connectivity index (χ4n) is 1.66. The number of hydrogen-bond acceptors (Lipinski definition) is 5. The number of ether oxygens (including phenoxy) is 1. The number of hydrogen-bond donors (Lipinski definition) is 2. The van der Waals surface area contributed by atoms with Crippen LogP contribution in [-0.2, 0) is 9.53 Å². The van der Waals surface area contributed by atoms with Crippen molar-refractivity contribution in [3.63, 3.8) is 0 Å². The largest absolute Gasteiger partial charge is 0.376 e. The molecule has 7 heteroatoms. The van der Waals surface area contributed by atoms with Crippen molar-refractivity contribution in [1.29, 1.82) is 0 Å². The second kappa shape index (κ2) is 6.55. The van der Waals surface area contributed by atoms with Gasteiger partial charge in [0, 0.05) is 19.3 Å². The maximum atomic E-state index is 11.6. The minimum Gasteiger partial charge on any atom is -0.376 e. The van der Waals surface area contributed by atoms with Gasteiger partial charge in [-0.1, -0.05) is 11.8 Å². The fourth-order valence-corrected chi connectivity index (χ4v) is 2.37. The molecule has 1 aromatic heterocycles. The molecule has 0 bridgehead atoms. The van der Waals surface area contributed by atoms with Crippen LogP contribution in [0.3, 0.4) is 0 Å². The third-order valence-electron chi connectivity index (χ3n) is 2.56. The first-order valence-corrected chi connectivity index (χ1v) is 6.79. The van der Waals surface area contributed by atoms with E-state index in [0.29, 0.717) is 11.6 Å². The summed E-state index contributed by atoms with van der Waals surface area (Å²) in [6.07, 6.45) is 3.64. The van der Waals surface area contributed by atoms with Gasteiger partial charge in [0.15, 0.2) is 0 Å². The molecule has 1 aliphatic rings. The molecule has 98 valence electrons. The molecule has 0 saturated carbocycles. The van der Waals surface area contributed by atoms with E-state index in [2.05, 4.69) is 15.3 Å². The van der Waals surface area contributed by atoms with Crippen molar-refractivity contribution in [2.45, 2.75) is 24.0 Å². The standard InChI is InChI=1S/C11H15N3O3S/c15-9(13-6-8-2-1-5-17-8)7-18-10-3-4-12-11(16)14-10/h3-4,8H,1-2,5-7H2,(H,13,15)(H,12,14,16). The predicted molar refractivity (Wildman–Crippen MR) is 67.6 cm³/mol. The number of amides is 1. The van der Waals surface area contributed by atoms with Gasteiger partial charge in [0.1, 0.15) is 0 Å². The summed E-state index contributed by atoms with van der Waals surface area (Å²) >= 11 is 1.28. The van der Waals surface area contributed by atoms with E-state index in [0.717, 1.165) is 19.4 Å². The molecule has 0 spiro atoms. The molecule has 1 fully saturated rings. The first kappa shape index (κ1) is 13.1. The maximum absolute atomic E-state index is 11.6. The average Bonchev–Trinajstić information content (AvgIpc) is 2.87. The number of H-pyrrole nitrogens is 1. The Balaban J connectivity index is 1.69. The van der Waals surface area contributed by atoms with Crippen molar-refractivity contribution in [3.05, 3.63) is 22.7 Å². The number of rotatable bonds is 5.